The minimum atomic E-state index is -0.453. The first-order valence-electron chi connectivity index (χ1n) is 12.3. The van der Waals surface area contributed by atoms with E-state index in [9.17, 15) is 14.4 Å². The molecule has 180 valence electrons. The molecule has 0 spiro atoms. The van der Waals surface area contributed by atoms with Gasteiger partial charge in [-0.05, 0) is 44.4 Å². The van der Waals surface area contributed by atoms with Crippen molar-refractivity contribution in [2.24, 2.45) is 0 Å². The minimum absolute atomic E-state index is 0.0763. The number of pyridine rings is 1. The standard InChI is InChI=1S/C28H30N4O3/c1-19-9-10-21(20(2)17-19)25-18-23(22-7-3-4-8-24(22)29-25)26(33)31-13-15-32(16-14-31)28(35)27(34)30-11-5-6-12-30/h3-4,7-10,17-18H,5-6,11-16H2,1-2H3. The molecule has 0 N–H and O–H groups in total. The second-order valence-electron chi connectivity index (χ2n) is 9.47. The fraction of sp³-hybridized carbons (Fsp3) is 0.357. The predicted octanol–water partition coefficient (Wildman–Crippen LogP) is 3.43. The highest BCUT2D eigenvalue weighted by molar-refractivity contribution is 6.35. The van der Waals surface area contributed by atoms with Gasteiger partial charge in [-0.25, -0.2) is 4.98 Å². The molecule has 0 radical (unpaired) electrons. The maximum atomic E-state index is 13.7. The van der Waals surface area contributed by atoms with Crippen LogP contribution in [0.4, 0.5) is 0 Å². The zero-order valence-electron chi connectivity index (χ0n) is 20.3. The quantitative estimate of drug-likeness (QED) is 0.538. The zero-order chi connectivity index (χ0) is 24.5. The van der Waals surface area contributed by atoms with Crippen molar-refractivity contribution in [1.82, 2.24) is 19.7 Å². The number of benzene rings is 2. The number of carbonyl (C=O) groups excluding carboxylic acids is 3. The van der Waals surface area contributed by atoms with Gasteiger partial charge in [0.15, 0.2) is 0 Å². The molecule has 2 aliphatic heterocycles. The number of fused-ring (bicyclic) bond motifs is 1. The number of nitrogens with zero attached hydrogens (tertiary/aromatic N) is 4. The SMILES string of the molecule is Cc1ccc(-c2cc(C(=O)N3CCN(C(=O)C(=O)N4CCCC4)CC3)c3ccccc3n2)c(C)c1. The van der Waals surface area contributed by atoms with Gasteiger partial charge < -0.3 is 14.7 Å². The summed E-state index contributed by atoms with van der Waals surface area (Å²) in [5, 5.41) is 0.814. The highest BCUT2D eigenvalue weighted by Crippen LogP contribution is 2.28. The van der Waals surface area contributed by atoms with E-state index in [4.69, 9.17) is 4.98 Å². The third-order valence-corrected chi connectivity index (χ3v) is 7.03. The van der Waals surface area contributed by atoms with E-state index >= 15 is 0 Å². The van der Waals surface area contributed by atoms with Crippen molar-refractivity contribution in [3.63, 3.8) is 0 Å². The lowest BCUT2D eigenvalue weighted by Crippen LogP contribution is -2.54. The number of piperazine rings is 1. The third kappa shape index (κ3) is 4.50. The van der Waals surface area contributed by atoms with Gasteiger partial charge in [-0.1, -0.05) is 42.0 Å². The third-order valence-electron chi connectivity index (χ3n) is 7.03. The van der Waals surface area contributed by atoms with Gasteiger partial charge in [0.2, 0.25) is 0 Å². The normalized spacial score (nSPS) is 16.1. The second kappa shape index (κ2) is 9.49. The summed E-state index contributed by atoms with van der Waals surface area (Å²) in [5.41, 5.74) is 5.46. The van der Waals surface area contributed by atoms with Crippen LogP contribution in [0.1, 0.15) is 34.3 Å². The molecule has 2 saturated heterocycles. The molecule has 3 heterocycles. The molecule has 2 aromatic carbocycles. The number of aromatic nitrogens is 1. The van der Waals surface area contributed by atoms with Crippen LogP contribution in [-0.2, 0) is 9.59 Å². The molecular formula is C28H30N4O3. The summed E-state index contributed by atoms with van der Waals surface area (Å²) in [6.45, 7) is 6.93. The van der Waals surface area contributed by atoms with Gasteiger partial charge in [-0.2, -0.15) is 0 Å². The number of hydrogen-bond acceptors (Lipinski definition) is 4. The zero-order valence-corrected chi connectivity index (χ0v) is 20.3. The Morgan fingerprint density at radius 1 is 0.743 bits per heavy atom. The molecule has 0 aliphatic carbocycles. The Morgan fingerprint density at radius 3 is 2.06 bits per heavy atom. The van der Waals surface area contributed by atoms with E-state index in [0.29, 0.717) is 44.8 Å². The molecule has 1 aromatic heterocycles. The van der Waals surface area contributed by atoms with Crippen LogP contribution >= 0.6 is 0 Å². The van der Waals surface area contributed by atoms with Crippen molar-refractivity contribution in [3.8, 4) is 11.3 Å². The molecule has 3 amide bonds. The van der Waals surface area contributed by atoms with Crippen LogP contribution < -0.4 is 0 Å². The lowest BCUT2D eigenvalue weighted by Gasteiger charge is -2.35. The molecule has 7 heteroatoms. The molecule has 2 fully saturated rings. The van der Waals surface area contributed by atoms with Crippen LogP contribution in [0.2, 0.25) is 0 Å². The molecule has 2 aliphatic rings. The van der Waals surface area contributed by atoms with Crippen molar-refractivity contribution in [1.29, 1.82) is 0 Å². The highest BCUT2D eigenvalue weighted by atomic mass is 16.2. The largest absolute Gasteiger partial charge is 0.335 e. The van der Waals surface area contributed by atoms with Gasteiger partial charge in [0, 0.05) is 50.2 Å². The highest BCUT2D eigenvalue weighted by Gasteiger charge is 2.32. The molecule has 35 heavy (non-hydrogen) atoms. The summed E-state index contributed by atoms with van der Waals surface area (Å²) in [6, 6.07) is 15.8. The number of amides is 3. The molecule has 7 nitrogen and oxygen atoms in total. The average Bonchev–Trinajstić information content (AvgIpc) is 3.42. The second-order valence-corrected chi connectivity index (χ2v) is 9.47. The molecule has 0 unspecified atom stereocenters. The van der Waals surface area contributed by atoms with Gasteiger partial charge >= 0.3 is 11.8 Å². The molecule has 0 saturated carbocycles. The lowest BCUT2D eigenvalue weighted by atomic mass is 9.99. The van der Waals surface area contributed by atoms with Gasteiger partial charge in [0.05, 0.1) is 16.8 Å². The van der Waals surface area contributed by atoms with Gasteiger partial charge in [0.1, 0.15) is 0 Å². The summed E-state index contributed by atoms with van der Waals surface area (Å²) in [4.78, 5) is 48.7. The van der Waals surface area contributed by atoms with Crippen LogP contribution in [0.3, 0.4) is 0 Å². The fourth-order valence-electron chi connectivity index (χ4n) is 5.07. The molecule has 0 bridgehead atoms. The van der Waals surface area contributed by atoms with E-state index in [1.54, 1.807) is 14.7 Å². The van der Waals surface area contributed by atoms with Crippen LogP contribution in [0.25, 0.3) is 22.2 Å². The summed E-state index contributed by atoms with van der Waals surface area (Å²) in [5.74, 6) is -0.946. The Kier molecular flexibility index (Phi) is 6.24. The van der Waals surface area contributed by atoms with Crippen LogP contribution in [0, 0.1) is 13.8 Å². The number of likely N-dealkylation sites (tertiary alicyclic amines) is 1. The van der Waals surface area contributed by atoms with Gasteiger partial charge in [0.25, 0.3) is 5.91 Å². The first kappa shape index (κ1) is 23.0. The van der Waals surface area contributed by atoms with E-state index in [1.807, 2.05) is 30.3 Å². The first-order valence-corrected chi connectivity index (χ1v) is 12.3. The van der Waals surface area contributed by atoms with E-state index in [0.717, 1.165) is 40.6 Å². The summed E-state index contributed by atoms with van der Waals surface area (Å²) in [6.07, 6.45) is 1.90. The van der Waals surface area contributed by atoms with Gasteiger partial charge in [-0.3, -0.25) is 14.4 Å². The summed E-state index contributed by atoms with van der Waals surface area (Å²) in [7, 11) is 0. The van der Waals surface area contributed by atoms with E-state index in [2.05, 4.69) is 32.0 Å². The van der Waals surface area contributed by atoms with Crippen molar-refractivity contribution in [2.45, 2.75) is 26.7 Å². The Morgan fingerprint density at radius 2 is 1.37 bits per heavy atom. The molecular weight excluding hydrogens is 440 g/mol. The van der Waals surface area contributed by atoms with Crippen molar-refractivity contribution in [2.75, 3.05) is 39.3 Å². The van der Waals surface area contributed by atoms with Crippen LogP contribution in [-0.4, -0.2) is 76.7 Å². The van der Waals surface area contributed by atoms with Crippen molar-refractivity contribution < 1.29 is 14.4 Å². The molecule has 5 rings (SSSR count). The lowest BCUT2D eigenvalue weighted by molar-refractivity contribution is -0.152. The number of rotatable bonds is 2. The van der Waals surface area contributed by atoms with Crippen LogP contribution in [0.5, 0.6) is 0 Å². The first-order chi connectivity index (χ1) is 16.9. The Labute approximate surface area is 205 Å². The number of carbonyl (C=O) groups is 3. The van der Waals surface area contributed by atoms with E-state index < -0.39 is 11.8 Å². The Balaban J connectivity index is 1.38. The number of hydrogen-bond donors (Lipinski definition) is 0. The Hall–Kier alpha value is -3.74. The smallest absolute Gasteiger partial charge is 0.312 e. The maximum Gasteiger partial charge on any atom is 0.312 e. The monoisotopic (exact) mass is 470 g/mol. The predicted molar refractivity (Wildman–Crippen MR) is 135 cm³/mol. The van der Waals surface area contributed by atoms with Crippen molar-refractivity contribution >= 4 is 28.6 Å². The van der Waals surface area contributed by atoms with E-state index in [-0.39, 0.29) is 5.91 Å². The molecule has 0 atom stereocenters. The number of aryl methyl sites for hydroxylation is 2. The number of para-hydroxylation sites is 1. The fourth-order valence-corrected chi connectivity index (χ4v) is 5.07. The minimum Gasteiger partial charge on any atom is -0.335 e. The Bertz CT molecular complexity index is 1300. The van der Waals surface area contributed by atoms with Crippen LogP contribution in [0.15, 0.2) is 48.5 Å². The maximum absolute atomic E-state index is 13.7. The molecule has 3 aromatic rings. The summed E-state index contributed by atoms with van der Waals surface area (Å²) < 4.78 is 0. The van der Waals surface area contributed by atoms with E-state index in [1.165, 1.54) is 5.56 Å². The average molecular weight is 471 g/mol. The summed E-state index contributed by atoms with van der Waals surface area (Å²) >= 11 is 0. The topological polar surface area (TPSA) is 73.8 Å². The van der Waals surface area contributed by atoms with Crippen molar-refractivity contribution in [3.05, 3.63) is 65.2 Å². The van der Waals surface area contributed by atoms with Gasteiger partial charge in [-0.15, -0.1) is 0 Å².